The Labute approximate surface area is 127 Å². The topological polar surface area (TPSA) is 46.6 Å². The van der Waals surface area contributed by atoms with Crippen molar-refractivity contribution in [3.63, 3.8) is 0 Å². The molecular weight excluding hydrogens is 322 g/mol. The van der Waals surface area contributed by atoms with Crippen LogP contribution in [0.2, 0.25) is 0 Å². The molecule has 0 atom stereocenters. The van der Waals surface area contributed by atoms with E-state index in [9.17, 15) is 9.59 Å². The largest absolute Gasteiger partial charge is 0.452 e. The number of hydrogen-bond acceptors (Lipinski definition) is 3. The third kappa shape index (κ3) is 4.34. The summed E-state index contributed by atoms with van der Waals surface area (Å²) in [4.78, 5) is 25.6. The summed E-state index contributed by atoms with van der Waals surface area (Å²) < 4.78 is 5.90. The van der Waals surface area contributed by atoms with Gasteiger partial charge in [-0.05, 0) is 31.0 Å². The molecule has 0 bridgehead atoms. The standard InChI is InChI=1S/C15H18BrNO3/c16-13-7-5-6-12(10-13)15(19)20-11-14(18)17-8-3-1-2-4-9-17/h5-7,10H,1-4,8-9,11H2. The number of carbonyl (C=O) groups excluding carboxylic acids is 2. The number of halogens is 1. The lowest BCUT2D eigenvalue weighted by Gasteiger charge is -2.19. The molecule has 1 aliphatic rings. The van der Waals surface area contributed by atoms with Crippen LogP contribution in [0.4, 0.5) is 0 Å². The molecular formula is C15H18BrNO3. The van der Waals surface area contributed by atoms with E-state index < -0.39 is 5.97 Å². The van der Waals surface area contributed by atoms with Crippen LogP contribution in [0.15, 0.2) is 28.7 Å². The van der Waals surface area contributed by atoms with E-state index in [-0.39, 0.29) is 12.5 Å². The predicted molar refractivity (Wildman–Crippen MR) is 79.5 cm³/mol. The molecule has 0 spiro atoms. The van der Waals surface area contributed by atoms with Crippen LogP contribution in [0.3, 0.4) is 0 Å². The van der Waals surface area contributed by atoms with Crippen LogP contribution in [0.5, 0.6) is 0 Å². The Kier molecular flexibility index (Phi) is 5.59. The number of amides is 1. The molecule has 4 nitrogen and oxygen atoms in total. The Morgan fingerprint density at radius 2 is 1.85 bits per heavy atom. The molecule has 1 aromatic rings. The minimum absolute atomic E-state index is 0.102. The van der Waals surface area contributed by atoms with Crippen LogP contribution >= 0.6 is 15.9 Å². The van der Waals surface area contributed by atoms with E-state index in [1.165, 1.54) is 12.8 Å². The maximum atomic E-state index is 12.0. The number of rotatable bonds is 3. The SMILES string of the molecule is O=C(OCC(=O)N1CCCCCC1)c1cccc(Br)c1. The van der Waals surface area contributed by atoms with E-state index in [0.717, 1.165) is 30.4 Å². The predicted octanol–water partition coefficient (Wildman–Crippen LogP) is 3.01. The Morgan fingerprint density at radius 3 is 2.50 bits per heavy atom. The van der Waals surface area contributed by atoms with Crippen LogP contribution in [0, 0.1) is 0 Å². The van der Waals surface area contributed by atoms with Gasteiger partial charge in [-0.3, -0.25) is 4.79 Å². The van der Waals surface area contributed by atoms with Crippen LogP contribution < -0.4 is 0 Å². The van der Waals surface area contributed by atoms with Gasteiger partial charge in [0.2, 0.25) is 0 Å². The Morgan fingerprint density at radius 1 is 1.15 bits per heavy atom. The van der Waals surface area contributed by atoms with Crippen molar-refractivity contribution < 1.29 is 14.3 Å². The summed E-state index contributed by atoms with van der Waals surface area (Å²) in [6, 6.07) is 6.94. The summed E-state index contributed by atoms with van der Waals surface area (Å²) in [5.41, 5.74) is 0.447. The molecule has 1 amide bonds. The van der Waals surface area contributed by atoms with Crippen molar-refractivity contribution in [1.82, 2.24) is 4.90 Å². The molecule has 0 aromatic heterocycles. The highest BCUT2D eigenvalue weighted by Crippen LogP contribution is 2.13. The maximum absolute atomic E-state index is 12.0. The molecule has 20 heavy (non-hydrogen) atoms. The maximum Gasteiger partial charge on any atom is 0.338 e. The first-order valence-corrected chi connectivity index (χ1v) is 7.66. The van der Waals surface area contributed by atoms with Crippen molar-refractivity contribution in [2.75, 3.05) is 19.7 Å². The lowest BCUT2D eigenvalue weighted by molar-refractivity contribution is -0.134. The number of esters is 1. The number of nitrogens with zero attached hydrogens (tertiary/aromatic N) is 1. The van der Waals surface area contributed by atoms with Crippen molar-refractivity contribution >= 4 is 27.8 Å². The van der Waals surface area contributed by atoms with Crippen LogP contribution in [0.25, 0.3) is 0 Å². The van der Waals surface area contributed by atoms with Crippen LogP contribution in [-0.4, -0.2) is 36.5 Å². The van der Waals surface area contributed by atoms with Crippen molar-refractivity contribution in [3.05, 3.63) is 34.3 Å². The Hall–Kier alpha value is -1.36. The summed E-state index contributed by atoms with van der Waals surface area (Å²) in [6.45, 7) is 1.37. The fourth-order valence-electron chi connectivity index (χ4n) is 2.24. The Balaban J connectivity index is 1.84. The molecule has 1 heterocycles. The zero-order chi connectivity index (χ0) is 14.4. The van der Waals surface area contributed by atoms with Gasteiger partial charge in [0.15, 0.2) is 6.61 Å². The smallest absolute Gasteiger partial charge is 0.338 e. The average Bonchev–Trinajstić information content (AvgIpc) is 2.73. The van der Waals surface area contributed by atoms with Gasteiger partial charge in [0.05, 0.1) is 5.56 Å². The molecule has 0 aliphatic carbocycles. The fraction of sp³-hybridized carbons (Fsp3) is 0.467. The van der Waals surface area contributed by atoms with Crippen molar-refractivity contribution in [1.29, 1.82) is 0 Å². The van der Waals surface area contributed by atoms with E-state index >= 15 is 0 Å². The second-order valence-corrected chi connectivity index (χ2v) is 5.80. The van der Waals surface area contributed by atoms with Gasteiger partial charge >= 0.3 is 5.97 Å². The third-order valence-electron chi connectivity index (χ3n) is 3.35. The summed E-state index contributed by atoms with van der Waals surface area (Å²) >= 11 is 3.30. The first-order valence-electron chi connectivity index (χ1n) is 6.87. The molecule has 1 fully saturated rings. The monoisotopic (exact) mass is 339 g/mol. The van der Waals surface area contributed by atoms with Crippen molar-refractivity contribution in [2.45, 2.75) is 25.7 Å². The number of hydrogen-bond donors (Lipinski definition) is 0. The van der Waals surface area contributed by atoms with Crippen LogP contribution in [-0.2, 0) is 9.53 Å². The normalized spacial score (nSPS) is 15.6. The first kappa shape index (κ1) is 15.0. The quantitative estimate of drug-likeness (QED) is 0.795. The summed E-state index contributed by atoms with van der Waals surface area (Å²) in [5, 5.41) is 0. The minimum atomic E-state index is -0.463. The van der Waals surface area contributed by atoms with E-state index in [1.54, 1.807) is 23.1 Å². The molecule has 1 aromatic carbocycles. The zero-order valence-electron chi connectivity index (χ0n) is 11.3. The van der Waals surface area contributed by atoms with Gasteiger partial charge in [0.1, 0.15) is 0 Å². The van der Waals surface area contributed by atoms with Gasteiger partial charge < -0.3 is 9.64 Å². The molecule has 0 N–H and O–H groups in total. The average molecular weight is 340 g/mol. The van der Waals surface area contributed by atoms with E-state index in [2.05, 4.69) is 15.9 Å². The van der Waals surface area contributed by atoms with Gasteiger partial charge in [-0.15, -0.1) is 0 Å². The number of carbonyl (C=O) groups is 2. The molecule has 0 radical (unpaired) electrons. The second kappa shape index (κ2) is 7.43. The Bertz CT molecular complexity index is 482. The molecule has 1 aliphatic heterocycles. The highest BCUT2D eigenvalue weighted by Gasteiger charge is 2.17. The summed E-state index contributed by atoms with van der Waals surface area (Å²) in [5.74, 6) is -0.565. The summed E-state index contributed by atoms with van der Waals surface area (Å²) in [6.07, 6.45) is 4.40. The highest BCUT2D eigenvalue weighted by molar-refractivity contribution is 9.10. The first-order chi connectivity index (χ1) is 9.66. The summed E-state index contributed by atoms with van der Waals surface area (Å²) in [7, 11) is 0. The molecule has 2 rings (SSSR count). The molecule has 5 heteroatoms. The van der Waals surface area contributed by atoms with E-state index in [0.29, 0.717) is 5.56 Å². The number of likely N-dealkylation sites (tertiary alicyclic amines) is 1. The zero-order valence-corrected chi connectivity index (χ0v) is 12.9. The van der Waals surface area contributed by atoms with Gasteiger partial charge in [-0.25, -0.2) is 4.79 Å². The lowest BCUT2D eigenvalue weighted by Crippen LogP contribution is -2.35. The van der Waals surface area contributed by atoms with Gasteiger partial charge in [0, 0.05) is 17.6 Å². The van der Waals surface area contributed by atoms with Crippen molar-refractivity contribution in [3.8, 4) is 0 Å². The van der Waals surface area contributed by atoms with Gasteiger partial charge in [0.25, 0.3) is 5.91 Å². The number of ether oxygens (including phenoxy) is 1. The van der Waals surface area contributed by atoms with E-state index in [4.69, 9.17) is 4.74 Å². The minimum Gasteiger partial charge on any atom is -0.452 e. The van der Waals surface area contributed by atoms with Crippen molar-refractivity contribution in [2.24, 2.45) is 0 Å². The van der Waals surface area contributed by atoms with E-state index in [1.807, 2.05) is 6.07 Å². The highest BCUT2D eigenvalue weighted by atomic mass is 79.9. The molecule has 0 unspecified atom stereocenters. The lowest BCUT2D eigenvalue weighted by atomic mass is 10.2. The molecule has 1 saturated heterocycles. The number of benzene rings is 1. The third-order valence-corrected chi connectivity index (χ3v) is 3.84. The van der Waals surface area contributed by atoms with Gasteiger partial charge in [-0.1, -0.05) is 34.8 Å². The molecule has 108 valence electrons. The molecule has 0 saturated carbocycles. The fourth-order valence-corrected chi connectivity index (χ4v) is 2.64. The second-order valence-electron chi connectivity index (χ2n) is 4.88. The van der Waals surface area contributed by atoms with Crippen LogP contribution in [0.1, 0.15) is 36.0 Å². The van der Waals surface area contributed by atoms with Gasteiger partial charge in [-0.2, -0.15) is 0 Å².